The average Bonchev–Trinajstić information content (AvgIpc) is 2.55. The van der Waals surface area contributed by atoms with Crippen LogP contribution in [0, 0.1) is 0 Å². The van der Waals surface area contributed by atoms with Gasteiger partial charge in [0.1, 0.15) is 0 Å². The molecule has 5 nitrogen and oxygen atoms in total. The molecule has 2 rings (SSSR count). The number of hydrogen-bond donors (Lipinski definition) is 1. The molecular formula is C18H20N2O3S. The summed E-state index contributed by atoms with van der Waals surface area (Å²) in [5.41, 5.74) is 1.46. The molecule has 2 aromatic rings. The molecule has 0 saturated heterocycles. The molecule has 0 aliphatic heterocycles. The lowest BCUT2D eigenvalue weighted by Gasteiger charge is -2.21. The summed E-state index contributed by atoms with van der Waals surface area (Å²) in [4.78, 5) is 11.2. The molecule has 0 bridgehead atoms. The number of amides is 1. The summed E-state index contributed by atoms with van der Waals surface area (Å²) in [6, 6.07) is 15.5. The fraction of sp³-hybridized carbons (Fsp3) is 0.167. The Labute approximate surface area is 142 Å². The van der Waals surface area contributed by atoms with E-state index < -0.39 is 10.0 Å². The van der Waals surface area contributed by atoms with E-state index in [4.69, 9.17) is 0 Å². The fourth-order valence-electron chi connectivity index (χ4n) is 2.24. The Kier molecular flexibility index (Phi) is 5.89. The monoisotopic (exact) mass is 344 g/mol. The maximum Gasteiger partial charge on any atom is 0.243 e. The first kappa shape index (κ1) is 17.9. The molecule has 0 saturated carbocycles. The molecule has 1 amide bonds. The van der Waals surface area contributed by atoms with E-state index in [-0.39, 0.29) is 23.9 Å². The molecule has 0 unspecified atom stereocenters. The summed E-state index contributed by atoms with van der Waals surface area (Å²) >= 11 is 0. The van der Waals surface area contributed by atoms with Gasteiger partial charge in [0.05, 0.1) is 4.90 Å². The first-order chi connectivity index (χ1) is 11.4. The largest absolute Gasteiger partial charge is 0.326 e. The van der Waals surface area contributed by atoms with Crippen LogP contribution in [0.2, 0.25) is 0 Å². The lowest BCUT2D eigenvalue weighted by molar-refractivity contribution is -0.114. The Balaban J connectivity index is 2.27. The molecule has 0 radical (unpaired) electrons. The smallest absolute Gasteiger partial charge is 0.243 e. The highest BCUT2D eigenvalue weighted by Gasteiger charge is 2.23. The number of carbonyl (C=O) groups excluding carboxylic acids is 1. The Morgan fingerprint density at radius 3 is 2.29 bits per heavy atom. The Hall–Kier alpha value is -2.44. The fourth-order valence-corrected chi connectivity index (χ4v) is 3.64. The van der Waals surface area contributed by atoms with Crippen LogP contribution in [0.5, 0.6) is 0 Å². The van der Waals surface area contributed by atoms with Crippen LogP contribution in [0.15, 0.2) is 72.1 Å². The van der Waals surface area contributed by atoms with Crippen molar-refractivity contribution >= 4 is 21.6 Å². The summed E-state index contributed by atoms with van der Waals surface area (Å²) in [7, 11) is -3.66. The second kappa shape index (κ2) is 7.90. The van der Waals surface area contributed by atoms with Gasteiger partial charge in [-0.05, 0) is 29.8 Å². The molecule has 0 heterocycles. The Bertz CT molecular complexity index is 800. The van der Waals surface area contributed by atoms with Crippen molar-refractivity contribution in [3.05, 3.63) is 72.8 Å². The molecule has 24 heavy (non-hydrogen) atoms. The van der Waals surface area contributed by atoms with Crippen LogP contribution in [-0.4, -0.2) is 25.2 Å². The predicted molar refractivity (Wildman–Crippen MR) is 95.0 cm³/mol. The quantitative estimate of drug-likeness (QED) is 0.785. The van der Waals surface area contributed by atoms with Gasteiger partial charge >= 0.3 is 0 Å². The molecule has 6 heteroatoms. The van der Waals surface area contributed by atoms with Gasteiger partial charge in [-0.15, -0.1) is 6.58 Å². The molecule has 0 spiro atoms. The van der Waals surface area contributed by atoms with Gasteiger partial charge < -0.3 is 5.32 Å². The maximum absolute atomic E-state index is 12.9. The van der Waals surface area contributed by atoms with Gasteiger partial charge in [0, 0.05) is 25.7 Å². The third-order valence-electron chi connectivity index (χ3n) is 3.35. The van der Waals surface area contributed by atoms with E-state index in [1.165, 1.54) is 23.4 Å². The number of hydrogen-bond acceptors (Lipinski definition) is 3. The first-order valence-corrected chi connectivity index (χ1v) is 8.90. The number of nitrogens with one attached hydrogen (secondary N) is 1. The van der Waals surface area contributed by atoms with Gasteiger partial charge in [-0.2, -0.15) is 4.31 Å². The highest BCUT2D eigenvalue weighted by atomic mass is 32.2. The Morgan fingerprint density at radius 2 is 1.75 bits per heavy atom. The zero-order valence-corrected chi connectivity index (χ0v) is 14.3. The number of rotatable bonds is 7. The van der Waals surface area contributed by atoms with Crippen molar-refractivity contribution in [2.75, 3.05) is 11.9 Å². The SMILES string of the molecule is C=CCN(Cc1ccccc1)S(=O)(=O)c1ccc(NC(C)=O)cc1. The van der Waals surface area contributed by atoms with E-state index in [9.17, 15) is 13.2 Å². The standard InChI is InChI=1S/C18H20N2O3S/c1-3-13-20(14-16-7-5-4-6-8-16)24(22,23)18-11-9-17(10-12-18)19-15(2)21/h3-12H,1,13-14H2,2H3,(H,19,21). The van der Waals surface area contributed by atoms with Crippen molar-refractivity contribution in [2.24, 2.45) is 0 Å². The summed E-state index contributed by atoms with van der Waals surface area (Å²) in [5.74, 6) is -0.206. The van der Waals surface area contributed by atoms with Gasteiger partial charge in [-0.1, -0.05) is 36.4 Å². The number of carbonyl (C=O) groups is 1. The number of sulfonamides is 1. The number of benzene rings is 2. The van der Waals surface area contributed by atoms with Crippen LogP contribution >= 0.6 is 0 Å². The predicted octanol–water partition coefficient (Wildman–Crippen LogP) is 3.02. The van der Waals surface area contributed by atoms with Crippen molar-refractivity contribution in [1.29, 1.82) is 0 Å². The highest BCUT2D eigenvalue weighted by molar-refractivity contribution is 7.89. The minimum Gasteiger partial charge on any atom is -0.326 e. The second-order valence-electron chi connectivity index (χ2n) is 5.28. The van der Waals surface area contributed by atoms with Crippen LogP contribution in [-0.2, 0) is 21.4 Å². The van der Waals surface area contributed by atoms with Crippen molar-refractivity contribution in [1.82, 2.24) is 4.31 Å². The van der Waals surface area contributed by atoms with E-state index >= 15 is 0 Å². The first-order valence-electron chi connectivity index (χ1n) is 7.46. The minimum absolute atomic E-state index is 0.175. The third-order valence-corrected chi connectivity index (χ3v) is 5.17. The van der Waals surface area contributed by atoms with E-state index in [2.05, 4.69) is 11.9 Å². The molecule has 2 aromatic carbocycles. The van der Waals surface area contributed by atoms with Crippen molar-refractivity contribution in [3.63, 3.8) is 0 Å². The number of nitrogens with zero attached hydrogens (tertiary/aromatic N) is 1. The number of anilines is 1. The molecule has 126 valence electrons. The maximum atomic E-state index is 12.9. The topological polar surface area (TPSA) is 66.5 Å². The molecular weight excluding hydrogens is 324 g/mol. The van der Waals surface area contributed by atoms with Crippen LogP contribution in [0.3, 0.4) is 0 Å². The zero-order valence-electron chi connectivity index (χ0n) is 13.5. The molecule has 0 atom stereocenters. The second-order valence-corrected chi connectivity index (χ2v) is 7.22. The molecule has 0 aliphatic carbocycles. The highest BCUT2D eigenvalue weighted by Crippen LogP contribution is 2.20. The van der Waals surface area contributed by atoms with E-state index in [0.717, 1.165) is 5.56 Å². The van der Waals surface area contributed by atoms with Gasteiger partial charge in [0.25, 0.3) is 0 Å². The van der Waals surface area contributed by atoms with E-state index in [1.807, 2.05) is 30.3 Å². The molecule has 0 aromatic heterocycles. The molecule has 0 fully saturated rings. The van der Waals surface area contributed by atoms with E-state index in [1.54, 1.807) is 18.2 Å². The van der Waals surface area contributed by atoms with Gasteiger partial charge in [-0.25, -0.2) is 8.42 Å². The van der Waals surface area contributed by atoms with Crippen molar-refractivity contribution in [2.45, 2.75) is 18.4 Å². The van der Waals surface area contributed by atoms with Gasteiger partial charge in [0.15, 0.2) is 0 Å². The van der Waals surface area contributed by atoms with Crippen molar-refractivity contribution < 1.29 is 13.2 Å². The lowest BCUT2D eigenvalue weighted by Crippen LogP contribution is -2.30. The molecule has 0 aliphatic rings. The Morgan fingerprint density at radius 1 is 1.12 bits per heavy atom. The summed E-state index contributed by atoms with van der Waals surface area (Å²) in [6.07, 6.45) is 1.56. The summed E-state index contributed by atoms with van der Waals surface area (Å²) in [5, 5.41) is 2.61. The van der Waals surface area contributed by atoms with Crippen molar-refractivity contribution in [3.8, 4) is 0 Å². The van der Waals surface area contributed by atoms with Crippen LogP contribution in [0.25, 0.3) is 0 Å². The summed E-state index contributed by atoms with van der Waals surface area (Å²) in [6.45, 7) is 5.52. The van der Waals surface area contributed by atoms with Crippen LogP contribution in [0.1, 0.15) is 12.5 Å². The minimum atomic E-state index is -3.66. The van der Waals surface area contributed by atoms with E-state index in [0.29, 0.717) is 5.69 Å². The van der Waals surface area contributed by atoms with Gasteiger partial charge in [0.2, 0.25) is 15.9 Å². The normalized spacial score (nSPS) is 11.2. The average molecular weight is 344 g/mol. The van der Waals surface area contributed by atoms with Crippen LogP contribution in [0.4, 0.5) is 5.69 Å². The third kappa shape index (κ3) is 4.53. The summed E-state index contributed by atoms with van der Waals surface area (Å²) < 4.78 is 27.1. The zero-order chi connectivity index (χ0) is 17.6. The lowest BCUT2D eigenvalue weighted by atomic mass is 10.2. The van der Waals surface area contributed by atoms with Crippen LogP contribution < -0.4 is 5.32 Å². The van der Waals surface area contributed by atoms with Gasteiger partial charge in [-0.3, -0.25) is 4.79 Å². The molecule has 1 N–H and O–H groups in total.